The van der Waals surface area contributed by atoms with Gasteiger partial charge in [0.2, 0.25) is 0 Å². The Balaban J connectivity index is 2.21. The quantitative estimate of drug-likeness (QED) is 0.907. The van der Waals surface area contributed by atoms with E-state index in [-0.39, 0.29) is 12.4 Å². The maximum Gasteiger partial charge on any atom is 0.141 e. The normalized spacial score (nSPS) is 10.5. The van der Waals surface area contributed by atoms with Gasteiger partial charge in [-0.3, -0.25) is 0 Å². The summed E-state index contributed by atoms with van der Waals surface area (Å²) in [6.45, 7) is 1.04. The Morgan fingerprint density at radius 2 is 2.35 bits per heavy atom. The molecular formula is C12H14FN3S. The van der Waals surface area contributed by atoms with E-state index in [1.165, 1.54) is 17.1 Å². The highest BCUT2D eigenvalue weighted by Crippen LogP contribution is 2.20. The average Bonchev–Trinajstić information content (AvgIpc) is 2.81. The van der Waals surface area contributed by atoms with Gasteiger partial charge in [0.25, 0.3) is 0 Å². The number of nitrogens with two attached hydrogens (primary N) is 1. The fraction of sp³-hybridized carbons (Fsp3) is 0.250. The minimum atomic E-state index is -0.348. The second kappa shape index (κ2) is 5.25. The van der Waals surface area contributed by atoms with Crippen molar-refractivity contribution in [2.45, 2.75) is 13.1 Å². The molecule has 0 aromatic carbocycles. The van der Waals surface area contributed by atoms with Gasteiger partial charge in [0.1, 0.15) is 11.6 Å². The number of halogens is 1. The molecule has 0 bridgehead atoms. The van der Waals surface area contributed by atoms with Gasteiger partial charge in [-0.1, -0.05) is 6.07 Å². The number of pyridine rings is 1. The van der Waals surface area contributed by atoms with Crippen molar-refractivity contribution in [3.05, 3.63) is 46.0 Å². The van der Waals surface area contributed by atoms with E-state index in [2.05, 4.69) is 11.1 Å². The number of hydrogen-bond acceptors (Lipinski definition) is 4. The lowest BCUT2D eigenvalue weighted by molar-refractivity contribution is 0.617. The van der Waals surface area contributed by atoms with Crippen LogP contribution in [0.4, 0.5) is 10.2 Å². The summed E-state index contributed by atoms with van der Waals surface area (Å²) < 4.78 is 13.0. The molecule has 0 spiro atoms. The van der Waals surface area contributed by atoms with Crippen LogP contribution in [0.3, 0.4) is 0 Å². The number of hydrogen-bond donors (Lipinski definition) is 1. The first-order valence-corrected chi connectivity index (χ1v) is 6.16. The smallest absolute Gasteiger partial charge is 0.141 e. The molecule has 0 fully saturated rings. The molecule has 90 valence electrons. The van der Waals surface area contributed by atoms with E-state index in [1.807, 2.05) is 23.4 Å². The van der Waals surface area contributed by atoms with Crippen molar-refractivity contribution in [3.8, 4) is 0 Å². The molecule has 0 saturated heterocycles. The monoisotopic (exact) mass is 251 g/mol. The van der Waals surface area contributed by atoms with Crippen LogP contribution in [0.1, 0.15) is 10.4 Å². The number of nitrogens with zero attached hydrogens (tertiary/aromatic N) is 2. The Bertz CT molecular complexity index is 485. The molecule has 2 heterocycles. The molecule has 0 aliphatic carbocycles. The molecule has 2 aromatic rings. The predicted molar refractivity (Wildman–Crippen MR) is 68.5 cm³/mol. The zero-order valence-electron chi connectivity index (χ0n) is 9.56. The number of aromatic nitrogens is 1. The molecule has 0 atom stereocenters. The summed E-state index contributed by atoms with van der Waals surface area (Å²) in [7, 11) is 1.93. The molecule has 0 unspecified atom stereocenters. The van der Waals surface area contributed by atoms with Crippen LogP contribution in [0.5, 0.6) is 0 Å². The maximum absolute atomic E-state index is 13.0. The highest BCUT2D eigenvalue weighted by Gasteiger charge is 2.10. The zero-order chi connectivity index (χ0) is 12.3. The third-order valence-corrected chi connectivity index (χ3v) is 3.33. The highest BCUT2D eigenvalue weighted by molar-refractivity contribution is 7.09. The zero-order valence-corrected chi connectivity index (χ0v) is 10.4. The maximum atomic E-state index is 13.0. The summed E-state index contributed by atoms with van der Waals surface area (Å²) in [5, 5.41) is 2.03. The summed E-state index contributed by atoms with van der Waals surface area (Å²) in [5.74, 6) is 0.390. The van der Waals surface area contributed by atoms with Crippen molar-refractivity contribution < 1.29 is 4.39 Å². The molecule has 17 heavy (non-hydrogen) atoms. The van der Waals surface area contributed by atoms with Gasteiger partial charge in [0, 0.05) is 24.0 Å². The number of rotatable bonds is 4. The average molecular weight is 251 g/mol. The third-order valence-electron chi connectivity index (χ3n) is 2.46. The topological polar surface area (TPSA) is 42.2 Å². The predicted octanol–water partition coefficient (Wildman–Crippen LogP) is 2.38. The largest absolute Gasteiger partial charge is 0.354 e. The highest BCUT2D eigenvalue weighted by atomic mass is 32.1. The molecule has 0 aliphatic rings. The van der Waals surface area contributed by atoms with Crippen molar-refractivity contribution in [3.63, 3.8) is 0 Å². The van der Waals surface area contributed by atoms with Crippen molar-refractivity contribution in [1.82, 2.24) is 4.98 Å². The van der Waals surface area contributed by atoms with Gasteiger partial charge < -0.3 is 10.6 Å². The lowest BCUT2D eigenvalue weighted by atomic mass is 10.2. The van der Waals surface area contributed by atoms with E-state index >= 15 is 0 Å². The van der Waals surface area contributed by atoms with E-state index < -0.39 is 0 Å². The second-order valence-corrected chi connectivity index (χ2v) is 4.81. The fourth-order valence-corrected chi connectivity index (χ4v) is 2.44. The number of anilines is 1. The molecule has 3 nitrogen and oxygen atoms in total. The van der Waals surface area contributed by atoms with Crippen molar-refractivity contribution in [2.24, 2.45) is 5.73 Å². The molecule has 2 aromatic heterocycles. The second-order valence-electron chi connectivity index (χ2n) is 3.78. The molecule has 0 aliphatic heterocycles. The van der Waals surface area contributed by atoms with Gasteiger partial charge in [-0.05, 0) is 17.5 Å². The Labute approximate surface area is 104 Å². The minimum absolute atomic E-state index is 0.287. The third kappa shape index (κ3) is 2.81. The lowest BCUT2D eigenvalue weighted by Gasteiger charge is -2.20. The van der Waals surface area contributed by atoms with Crippen molar-refractivity contribution >= 4 is 17.2 Å². The van der Waals surface area contributed by atoms with Crippen molar-refractivity contribution in [2.75, 3.05) is 11.9 Å². The van der Waals surface area contributed by atoms with Gasteiger partial charge in [-0.25, -0.2) is 9.37 Å². The molecule has 0 radical (unpaired) electrons. The first kappa shape index (κ1) is 12.0. The molecule has 2 N–H and O–H groups in total. The SMILES string of the molecule is CN(Cc1cccs1)c1ncc(F)cc1CN. The summed E-state index contributed by atoms with van der Waals surface area (Å²) in [6, 6.07) is 5.51. The lowest BCUT2D eigenvalue weighted by Crippen LogP contribution is -2.20. The van der Waals surface area contributed by atoms with Crippen LogP contribution in [-0.4, -0.2) is 12.0 Å². The molecule has 0 amide bonds. The van der Waals surface area contributed by atoms with Crippen LogP contribution in [0, 0.1) is 5.82 Å². The summed E-state index contributed by atoms with van der Waals surface area (Å²) in [5.41, 5.74) is 6.33. The summed E-state index contributed by atoms with van der Waals surface area (Å²) in [6.07, 6.45) is 1.22. The van der Waals surface area contributed by atoms with Gasteiger partial charge >= 0.3 is 0 Å². The van der Waals surface area contributed by atoms with Gasteiger partial charge in [-0.15, -0.1) is 11.3 Å². The Morgan fingerprint density at radius 1 is 1.53 bits per heavy atom. The summed E-state index contributed by atoms with van der Waals surface area (Å²) >= 11 is 1.69. The molecule has 0 saturated carbocycles. The van der Waals surface area contributed by atoms with Crippen LogP contribution >= 0.6 is 11.3 Å². The first-order valence-electron chi connectivity index (χ1n) is 5.28. The molecular weight excluding hydrogens is 237 g/mol. The Morgan fingerprint density at radius 3 is 3.00 bits per heavy atom. The van der Waals surface area contributed by atoms with Crippen LogP contribution in [0.25, 0.3) is 0 Å². The van der Waals surface area contributed by atoms with Crippen LogP contribution in [0.15, 0.2) is 29.8 Å². The van der Waals surface area contributed by atoms with E-state index in [0.29, 0.717) is 0 Å². The van der Waals surface area contributed by atoms with Gasteiger partial charge in [0.15, 0.2) is 0 Å². The number of thiophene rings is 1. The summed E-state index contributed by atoms with van der Waals surface area (Å²) in [4.78, 5) is 7.32. The van der Waals surface area contributed by atoms with Gasteiger partial charge in [0.05, 0.1) is 12.7 Å². The Hall–Kier alpha value is -1.46. The van der Waals surface area contributed by atoms with E-state index in [4.69, 9.17) is 5.73 Å². The standard InChI is InChI=1S/C12H14FN3S/c1-16(8-11-3-2-4-17-11)12-9(6-14)5-10(13)7-15-12/h2-5,7H,6,8,14H2,1H3. The minimum Gasteiger partial charge on any atom is -0.354 e. The van der Waals surface area contributed by atoms with Crippen LogP contribution in [-0.2, 0) is 13.1 Å². The van der Waals surface area contributed by atoms with Gasteiger partial charge in [-0.2, -0.15) is 0 Å². The van der Waals surface area contributed by atoms with E-state index in [1.54, 1.807) is 11.3 Å². The van der Waals surface area contributed by atoms with E-state index in [0.717, 1.165) is 17.9 Å². The Kier molecular flexibility index (Phi) is 3.71. The molecule has 2 rings (SSSR count). The first-order chi connectivity index (χ1) is 8.20. The van der Waals surface area contributed by atoms with E-state index in [9.17, 15) is 4.39 Å². The molecule has 5 heteroatoms. The van der Waals surface area contributed by atoms with Crippen LogP contribution in [0.2, 0.25) is 0 Å². The van der Waals surface area contributed by atoms with Crippen LogP contribution < -0.4 is 10.6 Å². The van der Waals surface area contributed by atoms with Crippen molar-refractivity contribution in [1.29, 1.82) is 0 Å². The fourth-order valence-electron chi connectivity index (χ4n) is 1.68.